The Morgan fingerprint density at radius 1 is 1.29 bits per heavy atom. The van der Waals surface area contributed by atoms with E-state index in [1.165, 1.54) is 0 Å². The van der Waals surface area contributed by atoms with Crippen LogP contribution in [-0.2, 0) is 11.2 Å². The second-order valence-electron chi connectivity index (χ2n) is 3.78. The molecule has 2 rings (SSSR count). The molecule has 0 aliphatic rings. The molecule has 0 saturated carbocycles. The van der Waals surface area contributed by atoms with Gasteiger partial charge in [0.2, 0.25) is 0 Å². The molecule has 1 aromatic heterocycles. The number of carbonyl (C=O) groups is 1. The summed E-state index contributed by atoms with van der Waals surface area (Å²) >= 11 is 7.37. The molecule has 0 bridgehead atoms. The predicted molar refractivity (Wildman–Crippen MR) is 69.9 cm³/mol. The van der Waals surface area contributed by atoms with Crippen LogP contribution < -0.4 is 0 Å². The van der Waals surface area contributed by atoms with Crippen molar-refractivity contribution in [3.63, 3.8) is 0 Å². The molecule has 1 heterocycles. The Labute approximate surface area is 108 Å². The van der Waals surface area contributed by atoms with Crippen molar-refractivity contribution in [1.82, 2.24) is 0 Å². The van der Waals surface area contributed by atoms with Crippen LogP contribution in [0.2, 0.25) is 5.02 Å². The van der Waals surface area contributed by atoms with Crippen molar-refractivity contribution in [1.29, 1.82) is 0 Å². The Bertz CT molecular complexity index is 491. The standard InChI is InChI=1S/C13H11ClO2S/c14-11-3-1-10(2-4-11)12(13(15)16)7-9-5-6-17-8-9/h1-6,8,12H,7H2,(H,15,16). The second-order valence-corrected chi connectivity index (χ2v) is 4.99. The summed E-state index contributed by atoms with van der Waals surface area (Å²) in [5.74, 6) is -1.32. The average Bonchev–Trinajstić information content (AvgIpc) is 2.80. The highest BCUT2D eigenvalue weighted by Crippen LogP contribution is 2.24. The molecule has 1 atom stereocenters. The van der Waals surface area contributed by atoms with Crippen LogP contribution in [-0.4, -0.2) is 11.1 Å². The number of benzene rings is 1. The Hall–Kier alpha value is -1.32. The molecule has 17 heavy (non-hydrogen) atoms. The molecule has 0 aliphatic heterocycles. The minimum absolute atomic E-state index is 0.512. The monoisotopic (exact) mass is 266 g/mol. The van der Waals surface area contributed by atoms with Gasteiger partial charge < -0.3 is 5.11 Å². The van der Waals surface area contributed by atoms with Gasteiger partial charge >= 0.3 is 5.97 Å². The number of hydrogen-bond donors (Lipinski definition) is 1. The number of hydrogen-bond acceptors (Lipinski definition) is 2. The molecule has 88 valence electrons. The van der Waals surface area contributed by atoms with E-state index in [1.54, 1.807) is 35.6 Å². The van der Waals surface area contributed by atoms with Crippen LogP contribution in [0, 0.1) is 0 Å². The molecule has 1 unspecified atom stereocenters. The minimum Gasteiger partial charge on any atom is -0.481 e. The molecular formula is C13H11ClO2S. The summed E-state index contributed by atoms with van der Waals surface area (Å²) in [6.45, 7) is 0. The van der Waals surface area contributed by atoms with Crippen LogP contribution in [0.3, 0.4) is 0 Å². The molecule has 2 nitrogen and oxygen atoms in total. The topological polar surface area (TPSA) is 37.3 Å². The van der Waals surface area contributed by atoms with E-state index in [4.69, 9.17) is 11.6 Å². The van der Waals surface area contributed by atoms with Gasteiger partial charge in [-0.3, -0.25) is 4.79 Å². The van der Waals surface area contributed by atoms with E-state index < -0.39 is 11.9 Å². The lowest BCUT2D eigenvalue weighted by Gasteiger charge is -2.11. The molecule has 2 aromatic rings. The van der Waals surface area contributed by atoms with Gasteiger partial charge in [-0.25, -0.2) is 0 Å². The summed E-state index contributed by atoms with van der Waals surface area (Å²) in [7, 11) is 0. The zero-order valence-corrected chi connectivity index (χ0v) is 10.5. The highest BCUT2D eigenvalue weighted by atomic mass is 35.5. The zero-order valence-electron chi connectivity index (χ0n) is 8.97. The van der Waals surface area contributed by atoms with Gasteiger partial charge in [0.1, 0.15) is 0 Å². The quantitative estimate of drug-likeness (QED) is 0.914. The van der Waals surface area contributed by atoms with Gasteiger partial charge in [0.25, 0.3) is 0 Å². The molecule has 0 spiro atoms. The fourth-order valence-electron chi connectivity index (χ4n) is 1.69. The number of carboxylic acid groups (broad SMARTS) is 1. The Morgan fingerprint density at radius 3 is 2.53 bits per heavy atom. The maximum atomic E-state index is 11.3. The molecule has 0 saturated heterocycles. The third-order valence-corrected chi connectivity index (χ3v) is 3.57. The summed E-state index contributed by atoms with van der Waals surface area (Å²) in [4.78, 5) is 11.3. The first kappa shape index (κ1) is 12.1. The van der Waals surface area contributed by atoms with Gasteiger partial charge in [0.05, 0.1) is 5.92 Å². The van der Waals surface area contributed by atoms with Crippen LogP contribution in [0.4, 0.5) is 0 Å². The van der Waals surface area contributed by atoms with E-state index in [-0.39, 0.29) is 0 Å². The summed E-state index contributed by atoms with van der Waals surface area (Å²) in [6, 6.07) is 8.94. The van der Waals surface area contributed by atoms with Gasteiger partial charge in [0.15, 0.2) is 0 Å². The van der Waals surface area contributed by atoms with E-state index in [9.17, 15) is 9.90 Å². The molecule has 0 aliphatic carbocycles. The highest BCUT2D eigenvalue weighted by molar-refractivity contribution is 7.07. The summed E-state index contributed by atoms with van der Waals surface area (Å²) in [5.41, 5.74) is 1.84. The molecule has 0 amide bonds. The van der Waals surface area contributed by atoms with E-state index >= 15 is 0 Å². The van der Waals surface area contributed by atoms with Crippen molar-refractivity contribution < 1.29 is 9.90 Å². The van der Waals surface area contributed by atoms with Crippen LogP contribution in [0.15, 0.2) is 41.1 Å². The van der Waals surface area contributed by atoms with Crippen molar-refractivity contribution in [2.75, 3.05) is 0 Å². The largest absolute Gasteiger partial charge is 0.481 e. The summed E-state index contributed by atoms with van der Waals surface area (Å²) < 4.78 is 0. The van der Waals surface area contributed by atoms with Gasteiger partial charge in [-0.15, -0.1) is 0 Å². The van der Waals surface area contributed by atoms with Crippen molar-refractivity contribution in [2.45, 2.75) is 12.3 Å². The normalized spacial score (nSPS) is 12.3. The number of aliphatic carboxylic acids is 1. The number of halogens is 1. The van der Waals surface area contributed by atoms with Crippen LogP contribution in [0.5, 0.6) is 0 Å². The van der Waals surface area contributed by atoms with Crippen molar-refractivity contribution in [2.24, 2.45) is 0 Å². The van der Waals surface area contributed by atoms with Crippen molar-refractivity contribution in [3.05, 3.63) is 57.2 Å². The first-order chi connectivity index (χ1) is 8.16. The summed E-state index contributed by atoms with van der Waals surface area (Å²) in [6.07, 6.45) is 0.514. The first-order valence-corrected chi connectivity index (χ1v) is 6.48. The molecule has 4 heteroatoms. The van der Waals surface area contributed by atoms with Crippen LogP contribution >= 0.6 is 22.9 Å². The number of thiophene rings is 1. The van der Waals surface area contributed by atoms with Crippen LogP contribution in [0.25, 0.3) is 0 Å². The lowest BCUT2D eigenvalue weighted by Crippen LogP contribution is -2.14. The minimum atomic E-state index is -0.807. The fourth-order valence-corrected chi connectivity index (χ4v) is 2.49. The SMILES string of the molecule is O=C(O)C(Cc1ccsc1)c1ccc(Cl)cc1. The van der Waals surface area contributed by atoms with E-state index in [2.05, 4.69) is 0 Å². The third-order valence-electron chi connectivity index (χ3n) is 2.59. The van der Waals surface area contributed by atoms with E-state index in [0.29, 0.717) is 11.4 Å². The van der Waals surface area contributed by atoms with E-state index in [1.807, 2.05) is 16.8 Å². The highest BCUT2D eigenvalue weighted by Gasteiger charge is 2.20. The third kappa shape index (κ3) is 3.08. The van der Waals surface area contributed by atoms with Gasteiger partial charge in [-0.1, -0.05) is 23.7 Å². The lowest BCUT2D eigenvalue weighted by molar-refractivity contribution is -0.138. The van der Waals surface area contributed by atoms with Gasteiger partial charge in [-0.05, 0) is 46.5 Å². The summed E-state index contributed by atoms with van der Waals surface area (Å²) in [5, 5.41) is 13.8. The maximum Gasteiger partial charge on any atom is 0.311 e. The first-order valence-electron chi connectivity index (χ1n) is 5.16. The molecule has 0 fully saturated rings. The zero-order chi connectivity index (χ0) is 12.3. The van der Waals surface area contributed by atoms with Crippen molar-refractivity contribution in [3.8, 4) is 0 Å². The smallest absolute Gasteiger partial charge is 0.311 e. The maximum absolute atomic E-state index is 11.3. The molecule has 0 radical (unpaired) electrons. The van der Waals surface area contributed by atoms with Crippen molar-refractivity contribution >= 4 is 28.9 Å². The number of rotatable bonds is 4. The van der Waals surface area contributed by atoms with Crippen LogP contribution in [0.1, 0.15) is 17.0 Å². The molecule has 1 N–H and O–H groups in total. The lowest BCUT2D eigenvalue weighted by atomic mass is 9.93. The molecular weight excluding hydrogens is 256 g/mol. The second kappa shape index (κ2) is 5.34. The fraction of sp³-hybridized carbons (Fsp3) is 0.154. The Kier molecular flexibility index (Phi) is 3.82. The Balaban J connectivity index is 2.23. The van der Waals surface area contributed by atoms with Gasteiger partial charge in [-0.2, -0.15) is 11.3 Å². The number of carboxylic acids is 1. The predicted octanol–water partition coefficient (Wildman–Crippen LogP) is 3.81. The van der Waals surface area contributed by atoms with Gasteiger partial charge in [0, 0.05) is 5.02 Å². The average molecular weight is 267 g/mol. The Morgan fingerprint density at radius 2 is 2.00 bits per heavy atom. The van der Waals surface area contributed by atoms with E-state index in [0.717, 1.165) is 11.1 Å². The molecule has 1 aromatic carbocycles.